The van der Waals surface area contributed by atoms with Crippen LogP contribution in [0.5, 0.6) is 5.75 Å². The molecule has 2 aromatic rings. The monoisotopic (exact) mass is 312 g/mol. The predicted octanol–water partition coefficient (Wildman–Crippen LogP) is 4.91. The third-order valence-electron chi connectivity index (χ3n) is 2.73. The molecule has 2 rings (SSSR count). The van der Waals surface area contributed by atoms with Gasteiger partial charge < -0.3 is 4.74 Å². The van der Waals surface area contributed by atoms with Gasteiger partial charge in [-0.2, -0.15) is 0 Å². The van der Waals surface area contributed by atoms with E-state index in [-0.39, 0.29) is 18.0 Å². The zero-order valence-electron chi connectivity index (χ0n) is 10.6. The highest BCUT2D eigenvalue weighted by molar-refractivity contribution is 6.35. The lowest BCUT2D eigenvalue weighted by atomic mass is 10.1. The van der Waals surface area contributed by atoms with Crippen molar-refractivity contribution in [2.45, 2.75) is 13.5 Å². The van der Waals surface area contributed by atoms with Crippen LogP contribution in [0.3, 0.4) is 0 Å². The minimum atomic E-state index is -0.600. The van der Waals surface area contributed by atoms with Gasteiger partial charge in [0, 0.05) is 21.7 Å². The first-order chi connectivity index (χ1) is 9.47. The predicted molar refractivity (Wildman–Crippen MR) is 77.2 cm³/mol. The molecule has 0 bridgehead atoms. The fraction of sp³-hybridized carbons (Fsp3) is 0.133. The molecule has 2 aromatic carbocycles. The Morgan fingerprint density at radius 3 is 2.55 bits per heavy atom. The molecule has 20 heavy (non-hydrogen) atoms. The number of carbonyl (C=O) groups excluding carboxylic acids is 1. The van der Waals surface area contributed by atoms with Crippen molar-refractivity contribution < 1.29 is 13.9 Å². The average Bonchev–Trinajstić information content (AvgIpc) is 2.37. The molecule has 2 nitrogen and oxygen atoms in total. The molecule has 0 saturated carbocycles. The third kappa shape index (κ3) is 3.50. The van der Waals surface area contributed by atoms with Gasteiger partial charge in [0.2, 0.25) is 0 Å². The van der Waals surface area contributed by atoms with Gasteiger partial charge in [0.15, 0.2) is 5.78 Å². The van der Waals surface area contributed by atoms with E-state index in [0.29, 0.717) is 15.8 Å². The molecule has 0 heterocycles. The Bertz CT molecular complexity index is 656. The standard InChI is InChI=1S/C15H11Cl2FO2/c1-9(19)13-5-4-12(7-15(13)18)20-8-10-2-3-11(16)6-14(10)17/h2-7H,8H2,1H3. The zero-order chi connectivity index (χ0) is 14.7. The van der Waals surface area contributed by atoms with Crippen molar-refractivity contribution in [1.82, 2.24) is 0 Å². The Hall–Kier alpha value is -1.58. The summed E-state index contributed by atoms with van der Waals surface area (Å²) in [5.41, 5.74) is 0.786. The van der Waals surface area contributed by atoms with E-state index in [2.05, 4.69) is 0 Å². The molecule has 0 amide bonds. The number of rotatable bonds is 4. The Balaban J connectivity index is 2.11. The molecule has 0 N–H and O–H groups in total. The number of ether oxygens (including phenoxy) is 1. The molecule has 0 radical (unpaired) electrons. The molecule has 0 atom stereocenters. The van der Waals surface area contributed by atoms with E-state index in [1.807, 2.05) is 0 Å². The van der Waals surface area contributed by atoms with Crippen LogP contribution < -0.4 is 4.74 Å². The van der Waals surface area contributed by atoms with Crippen LogP contribution in [-0.2, 0) is 6.61 Å². The fourth-order valence-electron chi connectivity index (χ4n) is 1.67. The lowest BCUT2D eigenvalue weighted by molar-refractivity contribution is 0.101. The summed E-state index contributed by atoms with van der Waals surface area (Å²) in [4.78, 5) is 11.1. The van der Waals surface area contributed by atoms with Crippen molar-refractivity contribution in [2.24, 2.45) is 0 Å². The van der Waals surface area contributed by atoms with Crippen LogP contribution >= 0.6 is 23.2 Å². The van der Waals surface area contributed by atoms with Gasteiger partial charge in [0.1, 0.15) is 18.2 Å². The number of halogens is 3. The van der Waals surface area contributed by atoms with Gasteiger partial charge in [-0.25, -0.2) is 4.39 Å². The Kier molecular flexibility index (Phi) is 4.63. The van der Waals surface area contributed by atoms with E-state index in [1.54, 1.807) is 24.3 Å². The van der Waals surface area contributed by atoms with Crippen molar-refractivity contribution in [1.29, 1.82) is 0 Å². The van der Waals surface area contributed by atoms with Crippen LogP contribution in [0.1, 0.15) is 22.8 Å². The van der Waals surface area contributed by atoms with Gasteiger partial charge in [0.25, 0.3) is 0 Å². The quantitative estimate of drug-likeness (QED) is 0.749. The van der Waals surface area contributed by atoms with Gasteiger partial charge in [0.05, 0.1) is 5.56 Å². The molecule has 0 saturated heterocycles. The Morgan fingerprint density at radius 2 is 1.95 bits per heavy atom. The van der Waals surface area contributed by atoms with Crippen molar-refractivity contribution in [2.75, 3.05) is 0 Å². The molecular formula is C15H11Cl2FO2. The van der Waals surface area contributed by atoms with Gasteiger partial charge in [-0.15, -0.1) is 0 Å². The fourth-order valence-corrected chi connectivity index (χ4v) is 2.13. The maximum Gasteiger partial charge on any atom is 0.162 e. The average molecular weight is 313 g/mol. The van der Waals surface area contributed by atoms with E-state index in [1.165, 1.54) is 19.1 Å². The molecule has 0 aliphatic rings. The summed E-state index contributed by atoms with van der Waals surface area (Å²) < 4.78 is 19.1. The van der Waals surface area contributed by atoms with Gasteiger partial charge in [-0.1, -0.05) is 29.3 Å². The first-order valence-electron chi connectivity index (χ1n) is 5.84. The molecule has 104 valence electrons. The van der Waals surface area contributed by atoms with E-state index in [0.717, 1.165) is 5.56 Å². The Morgan fingerprint density at radius 1 is 1.20 bits per heavy atom. The number of benzene rings is 2. The van der Waals surface area contributed by atoms with E-state index in [4.69, 9.17) is 27.9 Å². The molecule has 0 aromatic heterocycles. The van der Waals surface area contributed by atoms with Crippen LogP contribution in [0.2, 0.25) is 10.0 Å². The SMILES string of the molecule is CC(=O)c1ccc(OCc2ccc(Cl)cc2Cl)cc1F. The minimum Gasteiger partial charge on any atom is -0.489 e. The summed E-state index contributed by atoms with van der Waals surface area (Å²) in [7, 11) is 0. The third-order valence-corrected chi connectivity index (χ3v) is 3.32. The summed E-state index contributed by atoms with van der Waals surface area (Å²) in [6.07, 6.45) is 0. The first-order valence-corrected chi connectivity index (χ1v) is 6.60. The normalized spacial score (nSPS) is 10.4. The largest absolute Gasteiger partial charge is 0.489 e. The summed E-state index contributed by atoms with van der Waals surface area (Å²) in [6.45, 7) is 1.50. The second-order valence-electron chi connectivity index (χ2n) is 4.22. The highest BCUT2D eigenvalue weighted by Gasteiger charge is 2.09. The van der Waals surface area contributed by atoms with Gasteiger partial charge in [-0.3, -0.25) is 4.79 Å². The van der Waals surface area contributed by atoms with E-state index < -0.39 is 5.82 Å². The first kappa shape index (κ1) is 14.8. The maximum absolute atomic E-state index is 13.6. The lowest BCUT2D eigenvalue weighted by Crippen LogP contribution is -2.00. The van der Waals surface area contributed by atoms with Crippen LogP contribution in [0.4, 0.5) is 4.39 Å². The summed E-state index contributed by atoms with van der Waals surface area (Å²) in [5, 5.41) is 1.02. The van der Waals surface area contributed by atoms with Crippen molar-refractivity contribution in [3.05, 3.63) is 63.4 Å². The molecule has 0 fully saturated rings. The number of carbonyl (C=O) groups is 1. The van der Waals surface area contributed by atoms with Crippen LogP contribution in [0, 0.1) is 5.82 Å². The smallest absolute Gasteiger partial charge is 0.162 e. The zero-order valence-corrected chi connectivity index (χ0v) is 12.1. The summed E-state index contributed by atoms with van der Waals surface area (Å²) in [6, 6.07) is 9.18. The Labute approximate surface area is 126 Å². The van der Waals surface area contributed by atoms with Crippen LogP contribution in [-0.4, -0.2) is 5.78 Å². The van der Waals surface area contributed by atoms with Crippen LogP contribution in [0.25, 0.3) is 0 Å². The number of ketones is 1. The van der Waals surface area contributed by atoms with E-state index in [9.17, 15) is 9.18 Å². The summed E-state index contributed by atoms with van der Waals surface area (Å²) in [5.74, 6) is -0.592. The molecular weight excluding hydrogens is 302 g/mol. The second-order valence-corrected chi connectivity index (χ2v) is 5.07. The van der Waals surface area contributed by atoms with E-state index >= 15 is 0 Å². The molecule has 0 unspecified atom stereocenters. The minimum absolute atomic E-state index is 0.0434. The van der Waals surface area contributed by atoms with Gasteiger partial charge in [-0.05, 0) is 31.2 Å². The van der Waals surface area contributed by atoms with Crippen molar-refractivity contribution in [3.63, 3.8) is 0 Å². The molecule has 0 aliphatic carbocycles. The lowest BCUT2D eigenvalue weighted by Gasteiger charge is -2.09. The molecule has 0 spiro atoms. The second kappa shape index (κ2) is 6.25. The van der Waals surface area contributed by atoms with Gasteiger partial charge >= 0.3 is 0 Å². The topological polar surface area (TPSA) is 26.3 Å². The maximum atomic E-state index is 13.6. The highest BCUT2D eigenvalue weighted by atomic mass is 35.5. The molecule has 0 aliphatic heterocycles. The van der Waals surface area contributed by atoms with Crippen molar-refractivity contribution in [3.8, 4) is 5.75 Å². The molecule has 5 heteroatoms. The van der Waals surface area contributed by atoms with Crippen LogP contribution in [0.15, 0.2) is 36.4 Å². The number of Topliss-reactive ketones (excluding diaryl/α,β-unsaturated/α-hetero) is 1. The number of hydrogen-bond donors (Lipinski definition) is 0. The number of hydrogen-bond acceptors (Lipinski definition) is 2. The van der Waals surface area contributed by atoms with Crippen molar-refractivity contribution >= 4 is 29.0 Å². The highest BCUT2D eigenvalue weighted by Crippen LogP contribution is 2.23. The summed E-state index contributed by atoms with van der Waals surface area (Å²) >= 11 is 11.8.